The van der Waals surface area contributed by atoms with Crippen LogP contribution in [-0.4, -0.2) is 35.7 Å². The summed E-state index contributed by atoms with van der Waals surface area (Å²) < 4.78 is 16.9. The molecule has 1 aliphatic heterocycles. The second kappa shape index (κ2) is 9.67. The fourth-order valence-corrected chi connectivity index (χ4v) is 4.85. The lowest BCUT2D eigenvalue weighted by atomic mass is 10.2. The van der Waals surface area contributed by atoms with Gasteiger partial charge in [0.25, 0.3) is 11.1 Å². The molecule has 0 atom stereocenters. The van der Waals surface area contributed by atoms with Gasteiger partial charge < -0.3 is 13.9 Å². The van der Waals surface area contributed by atoms with Crippen molar-refractivity contribution in [1.29, 1.82) is 0 Å². The summed E-state index contributed by atoms with van der Waals surface area (Å²) in [6.45, 7) is 3.88. The Morgan fingerprint density at radius 1 is 1.27 bits per heavy atom. The molecule has 3 rings (SSSR count). The lowest BCUT2D eigenvalue weighted by Crippen LogP contribution is -2.27. The summed E-state index contributed by atoms with van der Waals surface area (Å²) in [6.07, 6.45) is 3.26. The lowest BCUT2D eigenvalue weighted by Gasteiger charge is -2.10. The molecule has 2 amide bonds. The number of ether oxygens (including phenoxy) is 2. The zero-order valence-corrected chi connectivity index (χ0v) is 19.6. The number of carbonyl (C=O) groups excluding carboxylic acids is 3. The van der Waals surface area contributed by atoms with E-state index in [1.807, 2.05) is 0 Å². The van der Waals surface area contributed by atoms with E-state index in [9.17, 15) is 14.4 Å². The number of nitrogens with zero attached hydrogens (tertiary/aromatic N) is 1. The standard InChI is InChI=1S/C20H15Br2NO6S/c1-3-6-28-17-13(21)7-11(8-14(17)22)9-16-18(24)23(20(26)30-16)10-12-4-5-15(29-12)19(25)27-2/h3-5,7-9H,1,6,10H2,2H3/b16-9-. The molecule has 10 heteroatoms. The first kappa shape index (κ1) is 22.4. The number of thioether (sulfide) groups is 1. The molecule has 1 saturated heterocycles. The first-order valence-corrected chi connectivity index (χ1v) is 10.9. The van der Waals surface area contributed by atoms with Gasteiger partial charge in [-0.05, 0) is 79.5 Å². The first-order valence-electron chi connectivity index (χ1n) is 8.49. The van der Waals surface area contributed by atoms with Crippen LogP contribution in [0.15, 0.2) is 55.2 Å². The predicted molar refractivity (Wildman–Crippen MR) is 119 cm³/mol. The summed E-state index contributed by atoms with van der Waals surface area (Å²) >= 11 is 7.72. The molecule has 2 heterocycles. The van der Waals surface area contributed by atoms with Crippen molar-refractivity contribution in [2.45, 2.75) is 6.54 Å². The monoisotopic (exact) mass is 555 g/mol. The Morgan fingerprint density at radius 3 is 2.60 bits per heavy atom. The highest BCUT2D eigenvalue weighted by Crippen LogP contribution is 2.38. The van der Waals surface area contributed by atoms with Crippen LogP contribution in [0.2, 0.25) is 0 Å². The smallest absolute Gasteiger partial charge is 0.373 e. The average molecular weight is 557 g/mol. The van der Waals surface area contributed by atoms with Gasteiger partial charge in [-0.1, -0.05) is 12.7 Å². The van der Waals surface area contributed by atoms with Crippen molar-refractivity contribution < 1.29 is 28.3 Å². The molecule has 0 saturated carbocycles. The Labute approximate surface area is 193 Å². The summed E-state index contributed by atoms with van der Waals surface area (Å²) in [5.41, 5.74) is 0.705. The SMILES string of the molecule is C=CCOc1c(Br)cc(/C=C2\SC(=O)N(Cc3ccc(C(=O)OC)o3)C2=O)cc1Br. The minimum Gasteiger partial charge on any atom is -0.487 e. The third kappa shape index (κ3) is 4.88. The number of methoxy groups -OCH3 is 1. The molecule has 0 unspecified atom stereocenters. The van der Waals surface area contributed by atoms with Crippen LogP contribution in [0.1, 0.15) is 21.9 Å². The molecule has 1 aromatic heterocycles. The first-order chi connectivity index (χ1) is 14.3. The predicted octanol–water partition coefficient (Wildman–Crippen LogP) is 5.39. The van der Waals surface area contributed by atoms with Crippen molar-refractivity contribution >= 4 is 66.8 Å². The quantitative estimate of drug-likeness (QED) is 0.256. The number of imide groups is 1. The number of hydrogen-bond acceptors (Lipinski definition) is 7. The second-order valence-corrected chi connectivity index (χ2v) is 8.64. The number of carbonyl (C=O) groups is 3. The summed E-state index contributed by atoms with van der Waals surface area (Å²) in [5.74, 6) is -0.164. The molecule has 0 aliphatic carbocycles. The van der Waals surface area contributed by atoms with Crippen LogP contribution in [0.3, 0.4) is 0 Å². The minimum absolute atomic E-state index is 0.00322. The van der Waals surface area contributed by atoms with Gasteiger partial charge in [-0.3, -0.25) is 14.5 Å². The van der Waals surface area contributed by atoms with Gasteiger partial charge in [-0.25, -0.2) is 4.79 Å². The molecule has 0 N–H and O–H groups in total. The van der Waals surface area contributed by atoms with E-state index in [4.69, 9.17) is 9.15 Å². The van der Waals surface area contributed by atoms with Crippen LogP contribution in [-0.2, 0) is 16.1 Å². The lowest BCUT2D eigenvalue weighted by molar-refractivity contribution is -0.123. The molecule has 0 bridgehead atoms. The van der Waals surface area contributed by atoms with Crippen LogP contribution >= 0.6 is 43.6 Å². The van der Waals surface area contributed by atoms with Crippen LogP contribution in [0.5, 0.6) is 5.75 Å². The van der Waals surface area contributed by atoms with Crippen LogP contribution in [0.4, 0.5) is 4.79 Å². The Kier molecular flexibility index (Phi) is 7.22. The number of halogens is 2. The van der Waals surface area contributed by atoms with Crippen molar-refractivity contribution in [3.05, 3.63) is 67.9 Å². The zero-order chi connectivity index (χ0) is 21.8. The molecule has 7 nitrogen and oxygen atoms in total. The topological polar surface area (TPSA) is 86.1 Å². The summed E-state index contributed by atoms with van der Waals surface area (Å²) in [6, 6.07) is 6.52. The van der Waals surface area contributed by atoms with E-state index in [1.165, 1.54) is 19.2 Å². The number of rotatable bonds is 7. The van der Waals surface area contributed by atoms with E-state index >= 15 is 0 Å². The Morgan fingerprint density at radius 2 is 1.97 bits per heavy atom. The highest BCUT2D eigenvalue weighted by molar-refractivity contribution is 9.11. The second-order valence-electron chi connectivity index (χ2n) is 5.94. The summed E-state index contributed by atoms with van der Waals surface area (Å²) in [5, 5.41) is -0.425. The third-order valence-electron chi connectivity index (χ3n) is 3.90. The molecule has 156 valence electrons. The highest BCUT2D eigenvalue weighted by Gasteiger charge is 2.35. The van der Waals surface area contributed by atoms with Gasteiger partial charge in [0, 0.05) is 0 Å². The molecule has 30 heavy (non-hydrogen) atoms. The van der Waals surface area contributed by atoms with E-state index in [-0.39, 0.29) is 17.2 Å². The Balaban J connectivity index is 1.78. The number of furan rings is 1. The van der Waals surface area contributed by atoms with Gasteiger partial charge in [0.15, 0.2) is 0 Å². The maximum Gasteiger partial charge on any atom is 0.373 e. The van der Waals surface area contributed by atoms with E-state index in [1.54, 1.807) is 24.3 Å². The van der Waals surface area contributed by atoms with E-state index < -0.39 is 17.1 Å². The fraction of sp³-hybridized carbons (Fsp3) is 0.150. The largest absolute Gasteiger partial charge is 0.487 e. The Hall–Kier alpha value is -2.30. The Bertz CT molecular complexity index is 1040. The minimum atomic E-state index is -0.632. The normalized spacial score (nSPS) is 15.0. The van der Waals surface area contributed by atoms with Gasteiger partial charge in [0.1, 0.15) is 18.1 Å². The molecular weight excluding hydrogens is 542 g/mol. The van der Waals surface area contributed by atoms with Crippen molar-refractivity contribution in [1.82, 2.24) is 4.90 Å². The fourth-order valence-electron chi connectivity index (χ4n) is 2.56. The maximum atomic E-state index is 12.7. The molecule has 0 spiro atoms. The van der Waals surface area contributed by atoms with Gasteiger partial charge in [0.05, 0.1) is 27.5 Å². The maximum absolute atomic E-state index is 12.7. The highest BCUT2D eigenvalue weighted by atomic mass is 79.9. The number of hydrogen-bond donors (Lipinski definition) is 0. The van der Waals surface area contributed by atoms with E-state index in [0.29, 0.717) is 32.6 Å². The van der Waals surface area contributed by atoms with Gasteiger partial charge >= 0.3 is 5.97 Å². The van der Waals surface area contributed by atoms with Crippen molar-refractivity contribution in [3.63, 3.8) is 0 Å². The van der Waals surface area contributed by atoms with Crippen molar-refractivity contribution in [2.75, 3.05) is 13.7 Å². The number of amides is 2. The van der Waals surface area contributed by atoms with E-state index in [2.05, 4.69) is 43.2 Å². The molecule has 2 aromatic rings. The van der Waals surface area contributed by atoms with Gasteiger partial charge in [-0.15, -0.1) is 0 Å². The zero-order valence-electron chi connectivity index (χ0n) is 15.6. The third-order valence-corrected chi connectivity index (χ3v) is 5.99. The molecule has 0 radical (unpaired) electrons. The molecular formula is C20H15Br2NO6S. The molecule has 1 aliphatic rings. The summed E-state index contributed by atoms with van der Waals surface area (Å²) in [4.78, 5) is 37.9. The molecule has 1 fully saturated rings. The van der Waals surface area contributed by atoms with E-state index in [0.717, 1.165) is 16.7 Å². The summed E-state index contributed by atoms with van der Waals surface area (Å²) in [7, 11) is 1.24. The van der Waals surface area contributed by atoms with Gasteiger partial charge in [-0.2, -0.15) is 0 Å². The van der Waals surface area contributed by atoms with Crippen molar-refractivity contribution in [2.24, 2.45) is 0 Å². The van der Waals surface area contributed by atoms with Gasteiger partial charge in [0.2, 0.25) is 5.76 Å². The van der Waals surface area contributed by atoms with Crippen LogP contribution in [0, 0.1) is 0 Å². The number of esters is 1. The average Bonchev–Trinajstić information content (AvgIpc) is 3.27. The molecule has 1 aromatic carbocycles. The van der Waals surface area contributed by atoms with Crippen LogP contribution in [0.25, 0.3) is 6.08 Å². The van der Waals surface area contributed by atoms with Crippen molar-refractivity contribution in [3.8, 4) is 5.75 Å². The van der Waals surface area contributed by atoms with Crippen LogP contribution < -0.4 is 4.74 Å². The number of benzene rings is 1.